The first-order chi connectivity index (χ1) is 13.9. The Labute approximate surface area is 168 Å². The predicted molar refractivity (Wildman–Crippen MR) is 111 cm³/mol. The number of amides is 1. The first-order valence-corrected chi connectivity index (χ1v) is 9.93. The highest BCUT2D eigenvalue weighted by molar-refractivity contribution is 7.16. The Morgan fingerprint density at radius 3 is 2.62 bits per heavy atom. The summed E-state index contributed by atoms with van der Waals surface area (Å²) in [6, 6.07) is 7.91. The topological polar surface area (TPSA) is 96.2 Å². The van der Waals surface area contributed by atoms with E-state index < -0.39 is 11.2 Å². The van der Waals surface area contributed by atoms with E-state index in [2.05, 4.69) is 9.98 Å². The Morgan fingerprint density at radius 1 is 1.10 bits per heavy atom. The molecule has 0 spiro atoms. The van der Waals surface area contributed by atoms with Crippen LogP contribution in [0.4, 0.5) is 0 Å². The van der Waals surface area contributed by atoms with Gasteiger partial charge in [0.25, 0.3) is 5.56 Å². The molecule has 9 nitrogen and oxygen atoms in total. The number of aryl methyl sites for hydroxylation is 3. The molecule has 3 heterocycles. The number of para-hydroxylation sites is 1. The van der Waals surface area contributed by atoms with Crippen molar-refractivity contribution in [3.05, 3.63) is 56.2 Å². The van der Waals surface area contributed by atoms with Gasteiger partial charge in [0.1, 0.15) is 0 Å². The van der Waals surface area contributed by atoms with Gasteiger partial charge < -0.3 is 9.13 Å². The lowest BCUT2D eigenvalue weighted by Gasteiger charge is -2.06. The average molecular weight is 412 g/mol. The molecule has 4 aromatic rings. The zero-order valence-electron chi connectivity index (χ0n) is 16.3. The average Bonchev–Trinajstić information content (AvgIpc) is 3.27. The minimum Gasteiger partial charge on any atom is -0.325 e. The van der Waals surface area contributed by atoms with Crippen molar-refractivity contribution in [2.75, 3.05) is 0 Å². The zero-order valence-corrected chi connectivity index (χ0v) is 17.1. The highest BCUT2D eigenvalue weighted by Crippen LogP contribution is 2.15. The Morgan fingerprint density at radius 2 is 1.86 bits per heavy atom. The van der Waals surface area contributed by atoms with E-state index in [0.29, 0.717) is 28.9 Å². The number of fused-ring (bicyclic) bond motifs is 2. The van der Waals surface area contributed by atoms with Gasteiger partial charge in [0.15, 0.2) is 16.0 Å². The number of hydrogen-bond donors (Lipinski definition) is 0. The van der Waals surface area contributed by atoms with Crippen molar-refractivity contribution in [3.63, 3.8) is 0 Å². The van der Waals surface area contributed by atoms with E-state index in [1.54, 1.807) is 11.6 Å². The third-order valence-electron chi connectivity index (χ3n) is 4.94. The van der Waals surface area contributed by atoms with Crippen molar-refractivity contribution in [3.8, 4) is 0 Å². The second kappa shape index (κ2) is 7.28. The van der Waals surface area contributed by atoms with E-state index in [1.807, 2.05) is 35.9 Å². The summed E-state index contributed by atoms with van der Waals surface area (Å²) in [5, 5.41) is 0. The van der Waals surface area contributed by atoms with Gasteiger partial charge in [-0.3, -0.25) is 18.7 Å². The normalized spacial score (nSPS) is 12.3. The summed E-state index contributed by atoms with van der Waals surface area (Å²) in [4.78, 5) is 45.9. The van der Waals surface area contributed by atoms with Crippen molar-refractivity contribution in [2.45, 2.75) is 19.4 Å². The number of aromatic nitrogens is 5. The van der Waals surface area contributed by atoms with Crippen LogP contribution in [0.25, 0.3) is 21.4 Å². The number of imidazole rings is 1. The van der Waals surface area contributed by atoms with Crippen LogP contribution in [0.1, 0.15) is 12.8 Å². The Balaban J connectivity index is 1.53. The van der Waals surface area contributed by atoms with Gasteiger partial charge in [0.2, 0.25) is 5.91 Å². The van der Waals surface area contributed by atoms with Gasteiger partial charge in [-0.2, -0.15) is 4.99 Å². The number of benzene rings is 1. The van der Waals surface area contributed by atoms with Crippen molar-refractivity contribution in [2.24, 2.45) is 26.1 Å². The molecular formula is C19H20N6O3S. The van der Waals surface area contributed by atoms with E-state index in [4.69, 9.17) is 0 Å². The standard InChI is InChI=1S/C19H20N6O3S/c1-22-12-7-4-5-8-13(12)29-18(22)21-14(26)9-6-10-25-11-20-16-15(25)17(27)24(3)19(28)23(16)2/h4-5,7-8,11H,6,9-10H2,1-3H3. The van der Waals surface area contributed by atoms with Crippen molar-refractivity contribution in [1.29, 1.82) is 0 Å². The van der Waals surface area contributed by atoms with Gasteiger partial charge in [-0.1, -0.05) is 23.5 Å². The summed E-state index contributed by atoms with van der Waals surface area (Å²) in [7, 11) is 4.91. The van der Waals surface area contributed by atoms with Gasteiger partial charge in [-0.15, -0.1) is 0 Å². The molecule has 0 fully saturated rings. The van der Waals surface area contributed by atoms with Crippen molar-refractivity contribution < 1.29 is 4.79 Å². The molecule has 0 radical (unpaired) electrons. The van der Waals surface area contributed by atoms with Crippen LogP contribution in [0.5, 0.6) is 0 Å². The second-order valence-corrected chi connectivity index (χ2v) is 7.85. The highest BCUT2D eigenvalue weighted by atomic mass is 32.1. The number of hydrogen-bond acceptors (Lipinski definition) is 5. The van der Waals surface area contributed by atoms with Crippen LogP contribution in [0, 0.1) is 0 Å². The van der Waals surface area contributed by atoms with E-state index >= 15 is 0 Å². The molecule has 1 amide bonds. The first kappa shape index (κ1) is 19.1. The number of carbonyl (C=O) groups excluding carboxylic acids is 1. The van der Waals surface area contributed by atoms with Crippen LogP contribution in [0.15, 0.2) is 45.2 Å². The SMILES string of the molecule is Cn1c(=O)c2c(ncn2CCCC(=O)N=c2sc3ccccc3n2C)n(C)c1=O. The fraction of sp³-hybridized carbons (Fsp3) is 0.316. The molecule has 3 aromatic heterocycles. The molecule has 4 rings (SSSR count). The monoisotopic (exact) mass is 412 g/mol. The molecule has 0 unspecified atom stereocenters. The first-order valence-electron chi connectivity index (χ1n) is 9.11. The summed E-state index contributed by atoms with van der Waals surface area (Å²) >= 11 is 1.48. The Kier molecular flexibility index (Phi) is 4.79. The lowest BCUT2D eigenvalue weighted by atomic mass is 10.3. The molecule has 1 aromatic carbocycles. The largest absolute Gasteiger partial charge is 0.332 e. The third-order valence-corrected chi connectivity index (χ3v) is 6.05. The molecule has 0 aliphatic rings. The second-order valence-electron chi connectivity index (χ2n) is 6.84. The van der Waals surface area contributed by atoms with Crippen molar-refractivity contribution >= 4 is 38.6 Å². The molecule has 0 saturated heterocycles. The number of carbonyl (C=O) groups is 1. The Bertz CT molecular complexity index is 1430. The molecule has 150 valence electrons. The van der Waals surface area contributed by atoms with Crippen LogP contribution in [-0.2, 0) is 32.5 Å². The van der Waals surface area contributed by atoms with Crippen LogP contribution in [0.2, 0.25) is 0 Å². The Hall–Kier alpha value is -3.27. The maximum atomic E-state index is 12.4. The van der Waals surface area contributed by atoms with E-state index in [1.165, 1.54) is 29.3 Å². The minimum atomic E-state index is -0.419. The van der Waals surface area contributed by atoms with Crippen molar-refractivity contribution in [1.82, 2.24) is 23.3 Å². The van der Waals surface area contributed by atoms with E-state index in [-0.39, 0.29) is 12.3 Å². The van der Waals surface area contributed by atoms with E-state index in [0.717, 1.165) is 14.8 Å². The van der Waals surface area contributed by atoms with Crippen LogP contribution >= 0.6 is 11.3 Å². The summed E-state index contributed by atoms with van der Waals surface area (Å²) < 4.78 is 7.07. The predicted octanol–water partition coefficient (Wildman–Crippen LogP) is 0.895. The number of nitrogens with zero attached hydrogens (tertiary/aromatic N) is 6. The fourth-order valence-electron chi connectivity index (χ4n) is 3.32. The molecule has 0 aliphatic heterocycles. The molecule has 0 bridgehead atoms. The molecule has 0 atom stereocenters. The van der Waals surface area contributed by atoms with Gasteiger partial charge in [0.05, 0.1) is 16.5 Å². The molecule has 0 aliphatic carbocycles. The van der Waals surface area contributed by atoms with Crippen LogP contribution in [0.3, 0.4) is 0 Å². The third kappa shape index (κ3) is 3.25. The lowest BCUT2D eigenvalue weighted by molar-refractivity contribution is -0.118. The lowest BCUT2D eigenvalue weighted by Crippen LogP contribution is -2.37. The van der Waals surface area contributed by atoms with Gasteiger partial charge in [0, 0.05) is 34.1 Å². The molecule has 29 heavy (non-hydrogen) atoms. The van der Waals surface area contributed by atoms with Gasteiger partial charge in [-0.05, 0) is 18.6 Å². The number of thiazole rings is 1. The summed E-state index contributed by atoms with van der Waals surface area (Å²) in [5.74, 6) is -0.211. The summed E-state index contributed by atoms with van der Waals surface area (Å²) in [6.07, 6.45) is 2.29. The highest BCUT2D eigenvalue weighted by Gasteiger charge is 2.14. The van der Waals surface area contributed by atoms with Gasteiger partial charge in [-0.25, -0.2) is 9.78 Å². The quantitative estimate of drug-likeness (QED) is 0.497. The smallest absolute Gasteiger partial charge is 0.325 e. The molecule has 0 N–H and O–H groups in total. The maximum Gasteiger partial charge on any atom is 0.332 e. The van der Waals surface area contributed by atoms with Crippen LogP contribution in [-0.4, -0.2) is 29.2 Å². The molecule has 10 heteroatoms. The summed E-state index contributed by atoms with van der Waals surface area (Å²) in [6.45, 7) is 0.434. The zero-order chi connectivity index (χ0) is 20.7. The van der Waals surface area contributed by atoms with Crippen LogP contribution < -0.4 is 16.1 Å². The maximum absolute atomic E-state index is 12.4. The fourth-order valence-corrected chi connectivity index (χ4v) is 4.35. The minimum absolute atomic E-state index is 0.211. The van der Waals surface area contributed by atoms with E-state index in [9.17, 15) is 14.4 Å². The molecular weight excluding hydrogens is 392 g/mol. The number of rotatable bonds is 4. The molecule has 0 saturated carbocycles. The van der Waals surface area contributed by atoms with Gasteiger partial charge >= 0.3 is 5.69 Å². The summed E-state index contributed by atoms with van der Waals surface area (Å²) in [5.41, 5.74) is 0.920.